The fraction of sp³-hybridized carbons (Fsp3) is 0.273. The van der Waals surface area contributed by atoms with Gasteiger partial charge in [0.25, 0.3) is 0 Å². The Morgan fingerprint density at radius 2 is 1.61 bits per heavy atom. The summed E-state index contributed by atoms with van der Waals surface area (Å²) in [6.45, 7) is 1.54. The number of sulfonamides is 1. The van der Waals surface area contributed by atoms with Gasteiger partial charge in [0.2, 0.25) is 10.0 Å². The highest BCUT2D eigenvalue weighted by molar-refractivity contribution is 7.89. The zero-order valence-electron chi connectivity index (χ0n) is 18.0. The molecule has 33 heavy (non-hydrogen) atoms. The Bertz CT molecular complexity index is 1250. The summed E-state index contributed by atoms with van der Waals surface area (Å²) in [6.07, 6.45) is 0. The molecule has 0 spiro atoms. The van der Waals surface area contributed by atoms with Crippen molar-refractivity contribution in [2.45, 2.75) is 4.90 Å². The van der Waals surface area contributed by atoms with Crippen molar-refractivity contribution in [3.63, 3.8) is 0 Å². The quantitative estimate of drug-likeness (QED) is 0.497. The van der Waals surface area contributed by atoms with Crippen LogP contribution in [0.4, 0.5) is 5.82 Å². The number of ether oxygens (including phenoxy) is 2. The molecule has 174 valence electrons. The number of hydrogen-bond donors (Lipinski definition) is 0. The van der Waals surface area contributed by atoms with Crippen molar-refractivity contribution in [1.82, 2.24) is 14.5 Å². The van der Waals surface area contributed by atoms with Crippen LogP contribution in [-0.2, 0) is 10.0 Å². The third kappa shape index (κ3) is 4.72. The molecule has 4 rings (SSSR count). The lowest BCUT2D eigenvalue weighted by Crippen LogP contribution is -2.49. The maximum atomic E-state index is 13.0. The van der Waals surface area contributed by atoms with Crippen molar-refractivity contribution >= 4 is 39.0 Å². The molecule has 2 aromatic carbocycles. The SMILES string of the molecule is COc1ccc(-c2ccc(N3CCN(S(=O)(=O)c4cccc(Cl)c4Cl)CC3)nn2)cc1OC. The molecule has 3 aromatic rings. The molecular weight excluding hydrogens is 487 g/mol. The molecule has 0 radical (unpaired) electrons. The first-order valence-electron chi connectivity index (χ1n) is 10.1. The van der Waals surface area contributed by atoms with Crippen LogP contribution in [0.5, 0.6) is 11.5 Å². The van der Waals surface area contributed by atoms with Gasteiger partial charge in [-0.25, -0.2) is 8.42 Å². The molecular formula is C22H22Cl2N4O4S. The first kappa shape index (κ1) is 23.6. The lowest BCUT2D eigenvalue weighted by molar-refractivity contribution is 0.355. The second-order valence-corrected chi connectivity index (χ2v) is 9.98. The minimum atomic E-state index is -3.74. The fourth-order valence-electron chi connectivity index (χ4n) is 3.62. The number of halogens is 2. The smallest absolute Gasteiger partial charge is 0.244 e. The molecule has 1 fully saturated rings. The number of benzene rings is 2. The molecule has 0 saturated carbocycles. The topological polar surface area (TPSA) is 84.9 Å². The number of hydrogen-bond acceptors (Lipinski definition) is 7. The van der Waals surface area contributed by atoms with Crippen LogP contribution in [0.15, 0.2) is 53.4 Å². The van der Waals surface area contributed by atoms with Gasteiger partial charge in [0.05, 0.1) is 30.0 Å². The summed E-state index contributed by atoms with van der Waals surface area (Å²) in [5.74, 6) is 1.92. The van der Waals surface area contributed by atoms with Crippen LogP contribution in [0, 0.1) is 0 Å². The van der Waals surface area contributed by atoms with Gasteiger partial charge in [-0.2, -0.15) is 4.31 Å². The molecule has 8 nitrogen and oxygen atoms in total. The van der Waals surface area contributed by atoms with E-state index < -0.39 is 10.0 Å². The van der Waals surface area contributed by atoms with E-state index in [0.29, 0.717) is 49.2 Å². The Morgan fingerprint density at radius 1 is 0.879 bits per heavy atom. The molecule has 1 aliphatic heterocycles. The van der Waals surface area contributed by atoms with Gasteiger partial charge in [0.1, 0.15) is 4.90 Å². The minimum absolute atomic E-state index is 0.0178. The van der Waals surface area contributed by atoms with Gasteiger partial charge in [-0.1, -0.05) is 29.3 Å². The van der Waals surface area contributed by atoms with Gasteiger partial charge in [0.15, 0.2) is 17.3 Å². The molecule has 0 N–H and O–H groups in total. The summed E-state index contributed by atoms with van der Waals surface area (Å²) in [5, 5.41) is 8.93. The van der Waals surface area contributed by atoms with Gasteiger partial charge in [-0.3, -0.25) is 0 Å². The minimum Gasteiger partial charge on any atom is -0.493 e. The first-order valence-corrected chi connectivity index (χ1v) is 12.3. The summed E-state index contributed by atoms with van der Waals surface area (Å²) in [4.78, 5) is 2.01. The van der Waals surface area contributed by atoms with E-state index >= 15 is 0 Å². The summed E-state index contributed by atoms with van der Waals surface area (Å²) >= 11 is 12.1. The lowest BCUT2D eigenvalue weighted by Gasteiger charge is -2.34. The average Bonchev–Trinajstić information content (AvgIpc) is 2.85. The fourth-order valence-corrected chi connectivity index (χ4v) is 5.78. The highest BCUT2D eigenvalue weighted by atomic mass is 35.5. The van der Waals surface area contributed by atoms with Gasteiger partial charge < -0.3 is 14.4 Å². The van der Waals surface area contributed by atoms with Crippen LogP contribution in [0.1, 0.15) is 0 Å². The molecule has 1 aromatic heterocycles. The summed E-state index contributed by atoms with van der Waals surface area (Å²) in [6, 6.07) is 13.9. The lowest BCUT2D eigenvalue weighted by atomic mass is 10.1. The van der Waals surface area contributed by atoms with E-state index in [1.807, 2.05) is 35.2 Å². The van der Waals surface area contributed by atoms with E-state index in [1.165, 1.54) is 10.4 Å². The monoisotopic (exact) mass is 508 g/mol. The van der Waals surface area contributed by atoms with E-state index in [-0.39, 0.29) is 14.9 Å². The molecule has 0 atom stereocenters. The Labute approximate surface area is 202 Å². The molecule has 1 saturated heterocycles. The number of anilines is 1. The summed E-state index contributed by atoms with van der Waals surface area (Å²) in [7, 11) is -0.580. The van der Waals surface area contributed by atoms with E-state index in [0.717, 1.165) is 5.56 Å². The zero-order chi connectivity index (χ0) is 23.6. The highest BCUT2D eigenvalue weighted by Crippen LogP contribution is 2.33. The third-order valence-electron chi connectivity index (χ3n) is 5.43. The zero-order valence-corrected chi connectivity index (χ0v) is 20.4. The van der Waals surface area contributed by atoms with Crippen LogP contribution in [0.2, 0.25) is 10.0 Å². The van der Waals surface area contributed by atoms with Crippen LogP contribution in [0.25, 0.3) is 11.3 Å². The van der Waals surface area contributed by atoms with Gasteiger partial charge in [-0.05, 0) is 42.5 Å². The molecule has 2 heterocycles. The standard InChI is InChI=1S/C22H22Cl2N4O4S/c1-31-18-8-6-15(14-19(18)32-2)17-7-9-21(26-25-17)27-10-12-28(13-11-27)33(29,30)20-5-3-4-16(23)22(20)24/h3-9,14H,10-13H2,1-2H3. The van der Waals surface area contributed by atoms with Gasteiger partial charge in [-0.15, -0.1) is 10.2 Å². The normalized spacial score (nSPS) is 14.8. The largest absolute Gasteiger partial charge is 0.493 e. The number of rotatable bonds is 6. The summed E-state index contributed by atoms with van der Waals surface area (Å²) in [5.41, 5.74) is 1.54. The van der Waals surface area contributed by atoms with Gasteiger partial charge >= 0.3 is 0 Å². The first-order chi connectivity index (χ1) is 15.8. The van der Waals surface area contributed by atoms with Crippen LogP contribution < -0.4 is 14.4 Å². The molecule has 0 amide bonds. The maximum absolute atomic E-state index is 13.0. The number of aromatic nitrogens is 2. The Balaban J connectivity index is 1.46. The second kappa shape index (κ2) is 9.72. The molecule has 0 aliphatic carbocycles. The second-order valence-electron chi connectivity index (χ2n) is 7.29. The van der Waals surface area contributed by atoms with Crippen molar-refractivity contribution in [3.05, 3.63) is 58.6 Å². The molecule has 11 heteroatoms. The third-order valence-corrected chi connectivity index (χ3v) is 8.30. The Morgan fingerprint density at radius 3 is 2.24 bits per heavy atom. The highest BCUT2D eigenvalue weighted by Gasteiger charge is 2.31. The van der Waals surface area contributed by atoms with Crippen molar-refractivity contribution in [2.24, 2.45) is 0 Å². The van der Waals surface area contributed by atoms with Crippen LogP contribution in [0.3, 0.4) is 0 Å². The van der Waals surface area contributed by atoms with E-state index in [2.05, 4.69) is 10.2 Å². The maximum Gasteiger partial charge on any atom is 0.244 e. The van der Waals surface area contributed by atoms with Gasteiger partial charge in [0, 0.05) is 31.7 Å². The predicted octanol–water partition coefficient (Wildman–Crippen LogP) is 3.98. The number of nitrogens with zero attached hydrogens (tertiary/aromatic N) is 4. The predicted molar refractivity (Wildman–Crippen MR) is 128 cm³/mol. The summed E-state index contributed by atoms with van der Waals surface area (Å²) < 4.78 is 38.1. The Kier molecular flexibility index (Phi) is 6.94. The van der Waals surface area contributed by atoms with Crippen molar-refractivity contribution in [1.29, 1.82) is 0 Å². The number of methoxy groups -OCH3 is 2. The van der Waals surface area contributed by atoms with E-state index in [4.69, 9.17) is 32.7 Å². The van der Waals surface area contributed by atoms with Crippen molar-refractivity contribution < 1.29 is 17.9 Å². The van der Waals surface area contributed by atoms with Crippen molar-refractivity contribution in [3.8, 4) is 22.8 Å². The Hall–Kier alpha value is -2.59. The number of piperazine rings is 1. The molecule has 0 bridgehead atoms. The average molecular weight is 509 g/mol. The molecule has 1 aliphatic rings. The van der Waals surface area contributed by atoms with Crippen LogP contribution in [-0.4, -0.2) is 63.3 Å². The van der Waals surface area contributed by atoms with Crippen LogP contribution >= 0.6 is 23.2 Å². The van der Waals surface area contributed by atoms with E-state index in [1.54, 1.807) is 26.4 Å². The molecule has 0 unspecified atom stereocenters. The van der Waals surface area contributed by atoms with E-state index in [9.17, 15) is 8.42 Å². The van der Waals surface area contributed by atoms with Crippen molar-refractivity contribution in [2.75, 3.05) is 45.3 Å².